The SMILES string of the molecule is CC(C)Oc1cccc(NC(=O)c2cccc(S(=O)(=O)Nc3ccccc3F)c2)c1. The van der Waals surface area contributed by atoms with E-state index in [-0.39, 0.29) is 22.3 Å². The molecule has 6 nitrogen and oxygen atoms in total. The van der Waals surface area contributed by atoms with Crippen molar-refractivity contribution in [2.24, 2.45) is 0 Å². The summed E-state index contributed by atoms with van der Waals surface area (Å²) in [5.41, 5.74) is 0.479. The number of carbonyl (C=O) groups is 1. The molecule has 1 amide bonds. The van der Waals surface area contributed by atoms with Gasteiger partial charge in [-0.3, -0.25) is 9.52 Å². The molecule has 0 heterocycles. The summed E-state index contributed by atoms with van der Waals surface area (Å²) in [5, 5.41) is 2.72. The number of benzene rings is 3. The van der Waals surface area contributed by atoms with E-state index >= 15 is 0 Å². The summed E-state index contributed by atoms with van der Waals surface area (Å²) < 4.78 is 46.8. The van der Waals surface area contributed by atoms with E-state index in [0.29, 0.717) is 11.4 Å². The number of halogens is 1. The molecule has 3 aromatic carbocycles. The highest BCUT2D eigenvalue weighted by Gasteiger charge is 2.18. The van der Waals surface area contributed by atoms with Crippen LogP contribution < -0.4 is 14.8 Å². The van der Waals surface area contributed by atoms with Crippen molar-refractivity contribution in [2.75, 3.05) is 10.0 Å². The van der Waals surface area contributed by atoms with Gasteiger partial charge in [-0.1, -0.05) is 24.3 Å². The lowest BCUT2D eigenvalue weighted by Crippen LogP contribution is -2.16. The van der Waals surface area contributed by atoms with Crippen molar-refractivity contribution in [3.8, 4) is 5.75 Å². The van der Waals surface area contributed by atoms with Crippen LogP contribution in [0.5, 0.6) is 5.75 Å². The Morgan fingerprint density at radius 2 is 1.70 bits per heavy atom. The molecule has 8 heteroatoms. The zero-order chi connectivity index (χ0) is 21.7. The maximum absolute atomic E-state index is 13.8. The van der Waals surface area contributed by atoms with Gasteiger partial charge in [0.25, 0.3) is 15.9 Å². The van der Waals surface area contributed by atoms with Crippen molar-refractivity contribution in [3.63, 3.8) is 0 Å². The Morgan fingerprint density at radius 1 is 0.967 bits per heavy atom. The third kappa shape index (κ3) is 5.36. The van der Waals surface area contributed by atoms with Gasteiger partial charge in [-0.25, -0.2) is 12.8 Å². The van der Waals surface area contributed by atoms with Crippen LogP contribution in [-0.2, 0) is 10.0 Å². The quantitative estimate of drug-likeness (QED) is 0.573. The second-order valence-corrected chi connectivity index (χ2v) is 8.44. The third-order valence-corrected chi connectivity index (χ3v) is 5.35. The maximum Gasteiger partial charge on any atom is 0.262 e. The first kappa shape index (κ1) is 21.3. The van der Waals surface area contributed by atoms with Gasteiger partial charge in [-0.05, 0) is 56.3 Å². The summed E-state index contributed by atoms with van der Waals surface area (Å²) in [6.45, 7) is 3.79. The Kier molecular flexibility index (Phi) is 6.37. The topological polar surface area (TPSA) is 84.5 Å². The molecular formula is C22H21FN2O4S. The maximum atomic E-state index is 13.8. The van der Waals surface area contributed by atoms with Crippen molar-refractivity contribution in [2.45, 2.75) is 24.8 Å². The fourth-order valence-corrected chi connectivity index (χ4v) is 3.79. The van der Waals surface area contributed by atoms with Crippen molar-refractivity contribution in [1.29, 1.82) is 0 Å². The summed E-state index contributed by atoms with van der Waals surface area (Å²) in [7, 11) is -4.07. The van der Waals surface area contributed by atoms with E-state index in [4.69, 9.17) is 4.74 Å². The summed E-state index contributed by atoms with van der Waals surface area (Å²) >= 11 is 0. The van der Waals surface area contributed by atoms with Crippen LogP contribution in [0.2, 0.25) is 0 Å². The Bertz CT molecular complexity index is 1160. The number of carbonyl (C=O) groups excluding carboxylic acids is 1. The highest BCUT2D eigenvalue weighted by Crippen LogP contribution is 2.22. The van der Waals surface area contributed by atoms with Gasteiger partial charge in [-0.2, -0.15) is 0 Å². The number of hydrogen-bond donors (Lipinski definition) is 2. The zero-order valence-corrected chi connectivity index (χ0v) is 17.2. The van der Waals surface area contributed by atoms with Crippen LogP contribution >= 0.6 is 0 Å². The molecule has 0 aliphatic carbocycles. The molecule has 0 aromatic heterocycles. The summed E-state index contributed by atoms with van der Waals surface area (Å²) in [6.07, 6.45) is -0.0141. The summed E-state index contributed by atoms with van der Waals surface area (Å²) in [6, 6.07) is 17.8. The lowest BCUT2D eigenvalue weighted by atomic mass is 10.2. The molecule has 0 spiro atoms. The Balaban J connectivity index is 1.79. The lowest BCUT2D eigenvalue weighted by molar-refractivity contribution is 0.102. The van der Waals surface area contributed by atoms with Crippen LogP contribution in [0.4, 0.5) is 15.8 Å². The highest BCUT2D eigenvalue weighted by molar-refractivity contribution is 7.92. The number of ether oxygens (including phenoxy) is 1. The molecule has 0 aliphatic heterocycles. The molecule has 2 N–H and O–H groups in total. The molecule has 0 saturated heterocycles. The van der Waals surface area contributed by atoms with Crippen molar-refractivity contribution in [1.82, 2.24) is 0 Å². The minimum absolute atomic E-state index is 0.0141. The van der Waals surface area contributed by atoms with Crippen LogP contribution in [0.25, 0.3) is 0 Å². The number of hydrogen-bond acceptors (Lipinski definition) is 4. The van der Waals surface area contributed by atoms with Gasteiger partial charge in [0.1, 0.15) is 11.6 Å². The van der Waals surface area contributed by atoms with Crippen LogP contribution in [-0.4, -0.2) is 20.4 Å². The van der Waals surface area contributed by atoms with E-state index in [2.05, 4.69) is 10.0 Å². The normalized spacial score (nSPS) is 11.2. The molecule has 3 aromatic rings. The number of nitrogens with one attached hydrogen (secondary N) is 2. The predicted molar refractivity (Wildman–Crippen MR) is 114 cm³/mol. The van der Waals surface area contributed by atoms with Gasteiger partial charge < -0.3 is 10.1 Å². The molecule has 0 radical (unpaired) electrons. The molecular weight excluding hydrogens is 407 g/mol. The molecule has 0 unspecified atom stereocenters. The van der Waals surface area contributed by atoms with E-state index in [1.165, 1.54) is 42.5 Å². The van der Waals surface area contributed by atoms with Gasteiger partial charge in [0.15, 0.2) is 0 Å². The van der Waals surface area contributed by atoms with Crippen molar-refractivity contribution < 1.29 is 22.3 Å². The van der Waals surface area contributed by atoms with Crippen molar-refractivity contribution >= 4 is 27.3 Å². The molecule has 0 saturated carbocycles. The van der Waals surface area contributed by atoms with E-state index in [9.17, 15) is 17.6 Å². The molecule has 30 heavy (non-hydrogen) atoms. The first-order chi connectivity index (χ1) is 14.2. The summed E-state index contributed by atoms with van der Waals surface area (Å²) in [4.78, 5) is 12.5. The first-order valence-electron chi connectivity index (χ1n) is 9.20. The molecule has 0 aliphatic rings. The number of anilines is 2. The molecule has 156 valence electrons. The lowest BCUT2D eigenvalue weighted by Gasteiger charge is -2.12. The van der Waals surface area contributed by atoms with Gasteiger partial charge >= 0.3 is 0 Å². The van der Waals surface area contributed by atoms with E-state index in [1.54, 1.807) is 24.3 Å². The minimum Gasteiger partial charge on any atom is -0.491 e. The summed E-state index contributed by atoms with van der Waals surface area (Å²) in [5.74, 6) is -0.577. The third-order valence-electron chi connectivity index (χ3n) is 3.99. The fraction of sp³-hybridized carbons (Fsp3) is 0.136. The van der Waals surface area contributed by atoms with Crippen LogP contribution in [0, 0.1) is 5.82 Å². The van der Waals surface area contributed by atoms with Crippen molar-refractivity contribution in [3.05, 3.63) is 84.2 Å². The van der Waals surface area contributed by atoms with Gasteiger partial charge in [0.2, 0.25) is 0 Å². The highest BCUT2D eigenvalue weighted by atomic mass is 32.2. The number of sulfonamides is 1. The number of amides is 1. The fourth-order valence-electron chi connectivity index (χ4n) is 2.67. The van der Waals surface area contributed by atoms with Gasteiger partial charge in [-0.15, -0.1) is 0 Å². The predicted octanol–water partition coefficient (Wildman–Crippen LogP) is 4.67. The molecule has 0 atom stereocenters. The standard InChI is InChI=1S/C22H21FN2O4S/c1-15(2)29-18-9-6-8-17(14-18)24-22(26)16-7-5-10-19(13-16)30(27,28)25-21-12-4-3-11-20(21)23/h3-15,25H,1-2H3,(H,24,26). The number of rotatable bonds is 7. The largest absolute Gasteiger partial charge is 0.491 e. The second kappa shape index (κ2) is 8.96. The molecule has 0 bridgehead atoms. The Labute approximate surface area is 174 Å². The monoisotopic (exact) mass is 428 g/mol. The second-order valence-electron chi connectivity index (χ2n) is 6.76. The van der Waals surface area contributed by atoms with Crippen LogP contribution in [0.15, 0.2) is 77.7 Å². The van der Waals surface area contributed by atoms with Gasteiger partial charge in [0, 0.05) is 17.3 Å². The average molecular weight is 428 g/mol. The first-order valence-corrected chi connectivity index (χ1v) is 10.7. The van der Waals surface area contributed by atoms with E-state index in [0.717, 1.165) is 6.07 Å². The zero-order valence-electron chi connectivity index (χ0n) is 16.4. The van der Waals surface area contributed by atoms with E-state index in [1.807, 2.05) is 13.8 Å². The molecule has 0 fully saturated rings. The van der Waals surface area contributed by atoms with Crippen LogP contribution in [0.3, 0.4) is 0 Å². The minimum atomic E-state index is -4.07. The van der Waals surface area contributed by atoms with E-state index < -0.39 is 21.7 Å². The average Bonchev–Trinajstić information content (AvgIpc) is 2.69. The molecule has 3 rings (SSSR count). The Morgan fingerprint density at radius 3 is 2.43 bits per heavy atom. The van der Waals surface area contributed by atoms with Gasteiger partial charge in [0.05, 0.1) is 16.7 Å². The smallest absolute Gasteiger partial charge is 0.262 e. The Hall–Kier alpha value is -3.39. The number of para-hydroxylation sites is 1. The van der Waals surface area contributed by atoms with Crippen LogP contribution in [0.1, 0.15) is 24.2 Å².